The van der Waals surface area contributed by atoms with Crippen molar-refractivity contribution in [3.05, 3.63) is 24.5 Å². The molecular formula is C17H20N6O3. The first-order valence-corrected chi connectivity index (χ1v) is 8.30. The molecule has 9 nitrogen and oxygen atoms in total. The average Bonchev–Trinajstić information content (AvgIpc) is 3.31. The smallest absolute Gasteiger partial charge is 0.224 e. The van der Waals surface area contributed by atoms with Crippen molar-refractivity contribution in [2.24, 2.45) is 0 Å². The van der Waals surface area contributed by atoms with E-state index in [1.807, 2.05) is 16.7 Å². The Labute approximate surface area is 150 Å². The molecule has 136 valence electrons. The van der Waals surface area contributed by atoms with Gasteiger partial charge in [-0.3, -0.25) is 4.57 Å². The molecule has 4 rings (SSSR count). The Kier molecular flexibility index (Phi) is 4.21. The molecular weight excluding hydrogens is 336 g/mol. The van der Waals surface area contributed by atoms with Crippen molar-refractivity contribution in [2.75, 3.05) is 31.9 Å². The lowest BCUT2D eigenvalue weighted by molar-refractivity contribution is 0.0593. The number of anilines is 3. The van der Waals surface area contributed by atoms with Gasteiger partial charge in [-0.25, -0.2) is 4.98 Å². The number of nitrogen functional groups attached to an aromatic ring is 1. The van der Waals surface area contributed by atoms with E-state index >= 15 is 0 Å². The van der Waals surface area contributed by atoms with Gasteiger partial charge in [0.25, 0.3) is 0 Å². The Morgan fingerprint density at radius 2 is 2.15 bits per heavy atom. The maximum atomic E-state index is 5.93. The van der Waals surface area contributed by atoms with Gasteiger partial charge in [0.2, 0.25) is 5.95 Å². The molecule has 0 spiro atoms. The molecule has 0 radical (unpaired) electrons. The highest BCUT2D eigenvalue weighted by atomic mass is 16.5. The number of nitrogens with two attached hydrogens (primary N) is 1. The largest absolute Gasteiger partial charge is 0.497 e. The van der Waals surface area contributed by atoms with Crippen LogP contribution in [0, 0.1) is 0 Å². The molecule has 1 aliphatic heterocycles. The van der Waals surface area contributed by atoms with E-state index in [2.05, 4.69) is 20.3 Å². The van der Waals surface area contributed by atoms with Crippen LogP contribution in [0.2, 0.25) is 0 Å². The first kappa shape index (κ1) is 16.4. The van der Waals surface area contributed by atoms with Gasteiger partial charge in [-0.1, -0.05) is 0 Å². The quantitative estimate of drug-likeness (QED) is 0.717. The Morgan fingerprint density at radius 1 is 1.27 bits per heavy atom. The summed E-state index contributed by atoms with van der Waals surface area (Å²) in [5, 5.41) is 3.23. The van der Waals surface area contributed by atoms with Crippen LogP contribution < -0.4 is 20.5 Å². The summed E-state index contributed by atoms with van der Waals surface area (Å²) in [6.07, 6.45) is 3.58. The van der Waals surface area contributed by atoms with E-state index in [0.29, 0.717) is 28.5 Å². The number of fused-ring (bicyclic) bond motifs is 1. The fourth-order valence-electron chi connectivity index (χ4n) is 3.04. The Balaban J connectivity index is 1.75. The first-order valence-electron chi connectivity index (χ1n) is 8.30. The van der Waals surface area contributed by atoms with E-state index < -0.39 is 0 Å². The van der Waals surface area contributed by atoms with Gasteiger partial charge in [0.1, 0.15) is 17.7 Å². The zero-order valence-corrected chi connectivity index (χ0v) is 14.6. The topological polar surface area (TPSA) is 109 Å². The molecule has 3 heterocycles. The molecule has 1 atom stereocenters. The van der Waals surface area contributed by atoms with E-state index in [1.165, 1.54) is 0 Å². The summed E-state index contributed by atoms with van der Waals surface area (Å²) in [4.78, 5) is 13.1. The van der Waals surface area contributed by atoms with Crippen molar-refractivity contribution in [3.63, 3.8) is 0 Å². The Bertz CT molecular complexity index is 936. The molecule has 0 aliphatic carbocycles. The molecule has 0 amide bonds. The van der Waals surface area contributed by atoms with Crippen LogP contribution in [-0.4, -0.2) is 40.3 Å². The summed E-state index contributed by atoms with van der Waals surface area (Å²) in [7, 11) is 3.20. The monoisotopic (exact) mass is 356 g/mol. The molecule has 2 aromatic heterocycles. The maximum Gasteiger partial charge on any atom is 0.224 e. The summed E-state index contributed by atoms with van der Waals surface area (Å²) in [5.41, 5.74) is 7.90. The van der Waals surface area contributed by atoms with Gasteiger partial charge >= 0.3 is 0 Å². The summed E-state index contributed by atoms with van der Waals surface area (Å²) in [6, 6.07) is 5.46. The normalized spacial score (nSPS) is 16.8. The van der Waals surface area contributed by atoms with Crippen molar-refractivity contribution in [2.45, 2.75) is 19.1 Å². The number of ether oxygens (including phenoxy) is 3. The Hall–Kier alpha value is -3.07. The van der Waals surface area contributed by atoms with Crippen LogP contribution in [0.4, 0.5) is 17.5 Å². The molecule has 0 bridgehead atoms. The maximum absolute atomic E-state index is 5.93. The molecule has 1 unspecified atom stereocenters. The number of benzene rings is 1. The number of methoxy groups -OCH3 is 2. The molecule has 1 aromatic carbocycles. The predicted octanol–water partition coefficient (Wildman–Crippen LogP) is 2.48. The average molecular weight is 356 g/mol. The van der Waals surface area contributed by atoms with E-state index in [4.69, 9.17) is 19.9 Å². The van der Waals surface area contributed by atoms with Crippen LogP contribution >= 0.6 is 0 Å². The zero-order chi connectivity index (χ0) is 18.1. The third-order valence-corrected chi connectivity index (χ3v) is 4.32. The van der Waals surface area contributed by atoms with Crippen molar-refractivity contribution in [1.82, 2.24) is 19.5 Å². The molecule has 26 heavy (non-hydrogen) atoms. The van der Waals surface area contributed by atoms with Crippen LogP contribution in [0.15, 0.2) is 24.5 Å². The predicted molar refractivity (Wildman–Crippen MR) is 96.8 cm³/mol. The van der Waals surface area contributed by atoms with E-state index in [0.717, 1.165) is 25.1 Å². The molecule has 1 fully saturated rings. The van der Waals surface area contributed by atoms with Crippen molar-refractivity contribution >= 4 is 28.6 Å². The van der Waals surface area contributed by atoms with Crippen molar-refractivity contribution in [3.8, 4) is 11.5 Å². The fraction of sp³-hybridized carbons (Fsp3) is 0.353. The fourth-order valence-corrected chi connectivity index (χ4v) is 3.04. The van der Waals surface area contributed by atoms with Gasteiger partial charge in [-0.05, 0) is 25.0 Å². The van der Waals surface area contributed by atoms with Gasteiger partial charge in [0.15, 0.2) is 17.0 Å². The zero-order valence-electron chi connectivity index (χ0n) is 14.6. The number of aromatic nitrogens is 4. The van der Waals surface area contributed by atoms with E-state index in [-0.39, 0.29) is 12.2 Å². The van der Waals surface area contributed by atoms with Crippen molar-refractivity contribution in [1.29, 1.82) is 0 Å². The highest BCUT2D eigenvalue weighted by Gasteiger charge is 2.22. The molecule has 3 N–H and O–H groups in total. The number of hydrogen-bond acceptors (Lipinski definition) is 8. The second-order valence-electron chi connectivity index (χ2n) is 5.91. The molecule has 9 heteroatoms. The third-order valence-electron chi connectivity index (χ3n) is 4.32. The molecule has 1 aliphatic rings. The third kappa shape index (κ3) is 2.86. The van der Waals surface area contributed by atoms with Gasteiger partial charge in [-0.15, -0.1) is 0 Å². The minimum absolute atomic E-state index is 0.0716. The molecule has 0 saturated carbocycles. The van der Waals surface area contributed by atoms with Crippen LogP contribution in [0.1, 0.15) is 19.1 Å². The van der Waals surface area contributed by atoms with Gasteiger partial charge in [0, 0.05) is 12.7 Å². The van der Waals surface area contributed by atoms with Crippen molar-refractivity contribution < 1.29 is 14.2 Å². The SMILES string of the molecule is COc1ccc(Nc2nc(N)nc3c2ncn3C2CCCO2)c(OC)c1. The second kappa shape index (κ2) is 6.68. The number of hydrogen-bond donors (Lipinski definition) is 2. The lowest BCUT2D eigenvalue weighted by atomic mass is 10.2. The Morgan fingerprint density at radius 3 is 2.88 bits per heavy atom. The second-order valence-corrected chi connectivity index (χ2v) is 5.91. The van der Waals surface area contributed by atoms with E-state index in [9.17, 15) is 0 Å². The lowest BCUT2D eigenvalue weighted by Gasteiger charge is -2.14. The van der Waals surface area contributed by atoms with Crippen LogP contribution in [0.5, 0.6) is 11.5 Å². The minimum atomic E-state index is -0.0716. The van der Waals surface area contributed by atoms with Crippen LogP contribution in [0.3, 0.4) is 0 Å². The summed E-state index contributed by atoms with van der Waals surface area (Å²) in [6.45, 7) is 0.735. The van der Waals surface area contributed by atoms with Crippen LogP contribution in [0.25, 0.3) is 11.2 Å². The van der Waals surface area contributed by atoms with Gasteiger partial charge in [-0.2, -0.15) is 9.97 Å². The number of rotatable bonds is 5. The van der Waals surface area contributed by atoms with Gasteiger partial charge < -0.3 is 25.3 Å². The van der Waals surface area contributed by atoms with Gasteiger partial charge in [0.05, 0.1) is 26.2 Å². The number of nitrogens with one attached hydrogen (secondary N) is 1. The lowest BCUT2D eigenvalue weighted by Crippen LogP contribution is -2.08. The molecule has 1 saturated heterocycles. The highest BCUT2D eigenvalue weighted by molar-refractivity contribution is 5.87. The molecule has 3 aromatic rings. The summed E-state index contributed by atoms with van der Waals surface area (Å²) in [5.74, 6) is 1.98. The highest BCUT2D eigenvalue weighted by Crippen LogP contribution is 2.34. The number of imidazole rings is 1. The first-order chi connectivity index (χ1) is 12.7. The number of nitrogens with zero attached hydrogens (tertiary/aromatic N) is 4. The minimum Gasteiger partial charge on any atom is -0.497 e. The van der Waals surface area contributed by atoms with E-state index in [1.54, 1.807) is 26.6 Å². The summed E-state index contributed by atoms with van der Waals surface area (Å²) < 4.78 is 18.3. The summed E-state index contributed by atoms with van der Waals surface area (Å²) >= 11 is 0. The van der Waals surface area contributed by atoms with Crippen LogP contribution in [-0.2, 0) is 4.74 Å². The standard InChI is InChI=1S/C17H20N6O3/c1-24-10-5-6-11(12(8-10)25-2)20-15-14-16(22-17(18)21-15)23(9-19-14)13-4-3-7-26-13/h5-6,8-9,13H,3-4,7H2,1-2H3,(H3,18,20,21,22).